The second kappa shape index (κ2) is 6.37. The average molecular weight is 378 g/mol. The van der Waals surface area contributed by atoms with Crippen LogP contribution in [0.4, 0.5) is 4.39 Å². The lowest BCUT2D eigenvalue weighted by Gasteiger charge is -2.11. The van der Waals surface area contributed by atoms with Crippen LogP contribution in [0.5, 0.6) is 0 Å². The Kier molecular flexibility index (Phi) is 4.99. The normalized spacial score (nSPS) is 11.2. The first-order valence-corrected chi connectivity index (χ1v) is 7.59. The summed E-state index contributed by atoms with van der Waals surface area (Å²) < 4.78 is 14.5. The molecule has 0 saturated carbocycles. The van der Waals surface area contributed by atoms with Gasteiger partial charge >= 0.3 is 0 Å². The Morgan fingerprint density at radius 3 is 2.55 bits per heavy atom. The predicted molar refractivity (Wildman–Crippen MR) is 83.0 cm³/mol. The molecule has 0 unspecified atom stereocenters. The maximum Gasteiger partial charge on any atom is 0.147 e. The molecule has 2 aromatic rings. The maximum atomic E-state index is 13.8. The van der Waals surface area contributed by atoms with E-state index in [1.165, 1.54) is 6.07 Å². The Hall–Kier alpha value is -0.710. The maximum absolute atomic E-state index is 13.8. The second-order valence-corrected chi connectivity index (χ2v) is 6.22. The van der Waals surface area contributed by atoms with Crippen LogP contribution in [-0.2, 0) is 6.42 Å². The van der Waals surface area contributed by atoms with Crippen LogP contribution in [0.1, 0.15) is 36.8 Å². The average Bonchev–Trinajstić information content (AvgIpc) is 2.37. The molecule has 0 spiro atoms. The smallest absolute Gasteiger partial charge is 0.147 e. The molecule has 0 N–H and O–H groups in total. The highest BCUT2D eigenvalue weighted by molar-refractivity contribution is 9.10. The minimum Gasteiger partial charge on any atom is -0.236 e. The quantitative estimate of drug-likeness (QED) is 0.669. The largest absolute Gasteiger partial charge is 0.236 e. The van der Waals surface area contributed by atoms with Gasteiger partial charge in [0, 0.05) is 17.0 Å². The number of benzene rings is 1. The van der Waals surface area contributed by atoms with Crippen molar-refractivity contribution in [1.29, 1.82) is 0 Å². The molecule has 106 valence electrons. The Labute approximate surface area is 135 Å². The monoisotopic (exact) mass is 376 g/mol. The molecule has 6 heteroatoms. The van der Waals surface area contributed by atoms with E-state index in [1.54, 1.807) is 12.1 Å². The molecule has 1 aromatic carbocycles. The van der Waals surface area contributed by atoms with Crippen LogP contribution in [0.15, 0.2) is 22.7 Å². The van der Waals surface area contributed by atoms with E-state index in [4.69, 9.17) is 23.2 Å². The number of hydrogen-bond acceptors (Lipinski definition) is 2. The van der Waals surface area contributed by atoms with E-state index >= 15 is 0 Å². The number of nitrogens with zero attached hydrogens (tertiary/aromatic N) is 2. The second-order valence-electron chi connectivity index (χ2n) is 4.66. The summed E-state index contributed by atoms with van der Waals surface area (Å²) in [5.41, 5.74) is 1.18. The van der Waals surface area contributed by atoms with Crippen molar-refractivity contribution >= 4 is 39.1 Å². The van der Waals surface area contributed by atoms with Crippen molar-refractivity contribution in [2.45, 2.75) is 26.2 Å². The van der Waals surface area contributed by atoms with Gasteiger partial charge in [-0.15, -0.1) is 0 Å². The van der Waals surface area contributed by atoms with Gasteiger partial charge in [0.05, 0.1) is 10.2 Å². The van der Waals surface area contributed by atoms with Crippen molar-refractivity contribution < 1.29 is 4.39 Å². The zero-order valence-electron chi connectivity index (χ0n) is 10.9. The molecule has 20 heavy (non-hydrogen) atoms. The summed E-state index contributed by atoms with van der Waals surface area (Å²) in [6.45, 7) is 4.01. The number of halogens is 4. The Morgan fingerprint density at radius 2 is 1.95 bits per heavy atom. The van der Waals surface area contributed by atoms with Gasteiger partial charge in [0.1, 0.15) is 16.8 Å². The van der Waals surface area contributed by atoms with Crippen molar-refractivity contribution in [2.75, 3.05) is 0 Å². The summed E-state index contributed by atoms with van der Waals surface area (Å²) in [5.74, 6) is 0.264. The fourth-order valence-corrected chi connectivity index (χ4v) is 2.86. The van der Waals surface area contributed by atoms with E-state index in [-0.39, 0.29) is 18.2 Å². The van der Waals surface area contributed by atoms with Crippen LogP contribution in [-0.4, -0.2) is 9.97 Å². The topological polar surface area (TPSA) is 25.8 Å². The summed E-state index contributed by atoms with van der Waals surface area (Å²) >= 11 is 15.5. The van der Waals surface area contributed by atoms with Crippen LogP contribution >= 0.6 is 39.1 Å². The highest BCUT2D eigenvalue weighted by Gasteiger charge is 2.16. The third kappa shape index (κ3) is 3.30. The van der Waals surface area contributed by atoms with E-state index < -0.39 is 0 Å². The molecule has 1 aromatic heterocycles. The fraction of sp³-hybridized carbons (Fsp3) is 0.286. The Morgan fingerprint density at radius 1 is 1.25 bits per heavy atom. The van der Waals surface area contributed by atoms with Crippen molar-refractivity contribution in [2.24, 2.45) is 0 Å². The summed E-state index contributed by atoms with van der Waals surface area (Å²) in [4.78, 5) is 8.62. The fourth-order valence-electron chi connectivity index (χ4n) is 1.80. The van der Waals surface area contributed by atoms with Crippen LogP contribution < -0.4 is 0 Å². The summed E-state index contributed by atoms with van der Waals surface area (Å²) in [6.07, 6.45) is 0.207. The molecule has 2 rings (SSSR count). The lowest BCUT2D eigenvalue weighted by atomic mass is 10.1. The third-order valence-corrected chi connectivity index (χ3v) is 4.46. The van der Waals surface area contributed by atoms with Gasteiger partial charge in [0.25, 0.3) is 0 Å². The van der Waals surface area contributed by atoms with Crippen LogP contribution in [0.25, 0.3) is 0 Å². The minimum atomic E-state index is -0.369. The van der Waals surface area contributed by atoms with Gasteiger partial charge in [0.2, 0.25) is 0 Å². The van der Waals surface area contributed by atoms with Crippen molar-refractivity contribution in [1.82, 2.24) is 9.97 Å². The first-order chi connectivity index (χ1) is 9.40. The zero-order valence-corrected chi connectivity index (χ0v) is 14.0. The molecule has 0 amide bonds. The highest BCUT2D eigenvalue weighted by Crippen LogP contribution is 2.29. The van der Waals surface area contributed by atoms with E-state index in [9.17, 15) is 4.39 Å². The van der Waals surface area contributed by atoms with Crippen LogP contribution in [0.2, 0.25) is 10.2 Å². The molecule has 0 radical (unpaired) electrons. The van der Waals surface area contributed by atoms with Gasteiger partial charge in [-0.1, -0.05) is 43.1 Å². The first-order valence-electron chi connectivity index (χ1n) is 6.04. The van der Waals surface area contributed by atoms with Crippen molar-refractivity contribution in [3.63, 3.8) is 0 Å². The van der Waals surface area contributed by atoms with Crippen molar-refractivity contribution in [3.8, 4) is 0 Å². The Bertz CT molecular complexity index is 627. The highest BCUT2D eigenvalue weighted by atomic mass is 79.9. The summed E-state index contributed by atoms with van der Waals surface area (Å²) in [7, 11) is 0. The molecule has 0 aliphatic heterocycles. The molecule has 0 aliphatic rings. The molecular formula is C14H12BrCl2FN2. The summed E-state index contributed by atoms with van der Waals surface area (Å²) in [5, 5.41) is 0.685. The molecule has 0 aliphatic carbocycles. The van der Waals surface area contributed by atoms with Gasteiger partial charge in [-0.2, -0.15) is 0 Å². The van der Waals surface area contributed by atoms with Gasteiger partial charge in [-0.05, 0) is 34.0 Å². The van der Waals surface area contributed by atoms with E-state index in [0.717, 1.165) is 5.69 Å². The molecule has 1 heterocycles. The Balaban J connectivity index is 2.44. The standard InChI is InChI=1S/C14H12BrCl2FN2/c1-7(2)13-12(15)14(17)20-11(19-13)6-8-9(16)4-3-5-10(8)18/h3-5,7H,6H2,1-2H3. The third-order valence-electron chi connectivity index (χ3n) is 2.83. The molecule has 0 saturated heterocycles. The van der Waals surface area contributed by atoms with E-state index in [0.29, 0.717) is 26.0 Å². The number of rotatable bonds is 3. The lowest BCUT2D eigenvalue weighted by Crippen LogP contribution is -2.05. The molecular weight excluding hydrogens is 366 g/mol. The summed E-state index contributed by atoms with van der Waals surface area (Å²) in [6, 6.07) is 4.57. The molecule has 0 fully saturated rings. The van der Waals surface area contributed by atoms with Gasteiger partial charge in [0.15, 0.2) is 0 Å². The lowest BCUT2D eigenvalue weighted by molar-refractivity contribution is 0.611. The minimum absolute atomic E-state index is 0.180. The number of aromatic nitrogens is 2. The van der Waals surface area contributed by atoms with Crippen LogP contribution in [0.3, 0.4) is 0 Å². The van der Waals surface area contributed by atoms with Gasteiger partial charge in [-0.25, -0.2) is 14.4 Å². The van der Waals surface area contributed by atoms with Crippen molar-refractivity contribution in [3.05, 3.63) is 55.7 Å². The molecule has 0 bridgehead atoms. The number of hydrogen-bond donors (Lipinski definition) is 0. The van der Waals surface area contributed by atoms with E-state index in [2.05, 4.69) is 25.9 Å². The predicted octanol–water partition coefficient (Wildman–Crippen LogP) is 5.40. The van der Waals surface area contributed by atoms with E-state index in [1.807, 2.05) is 13.8 Å². The van der Waals surface area contributed by atoms with Gasteiger partial charge < -0.3 is 0 Å². The van der Waals surface area contributed by atoms with Gasteiger partial charge in [-0.3, -0.25) is 0 Å². The molecule has 0 atom stereocenters. The molecule has 2 nitrogen and oxygen atoms in total. The SMILES string of the molecule is CC(C)c1nc(Cc2c(F)cccc2Cl)nc(Cl)c1Br. The zero-order chi connectivity index (χ0) is 14.9. The first kappa shape index (κ1) is 15.7. The van der Waals surface area contributed by atoms with Crippen LogP contribution in [0, 0.1) is 5.82 Å².